The van der Waals surface area contributed by atoms with Gasteiger partial charge in [-0.1, -0.05) is 54.9 Å². The van der Waals surface area contributed by atoms with Gasteiger partial charge in [0, 0.05) is 17.6 Å². The molecule has 0 saturated heterocycles. The molecular formula is C22H19ClN2O3. The zero-order valence-corrected chi connectivity index (χ0v) is 16.0. The molecule has 0 aliphatic heterocycles. The van der Waals surface area contributed by atoms with Crippen LogP contribution in [0.15, 0.2) is 79.0 Å². The highest BCUT2D eigenvalue weighted by Gasteiger charge is 2.29. The van der Waals surface area contributed by atoms with Crippen molar-refractivity contribution in [3.63, 3.8) is 0 Å². The van der Waals surface area contributed by atoms with Crippen molar-refractivity contribution in [2.45, 2.75) is 19.4 Å². The van der Waals surface area contributed by atoms with Crippen LogP contribution in [0.1, 0.15) is 23.7 Å². The molecule has 2 aromatic carbocycles. The Balaban J connectivity index is 1.89. The molecule has 6 heteroatoms. The van der Waals surface area contributed by atoms with Gasteiger partial charge in [0.1, 0.15) is 5.15 Å². The van der Waals surface area contributed by atoms with Gasteiger partial charge >= 0.3 is 5.97 Å². The summed E-state index contributed by atoms with van der Waals surface area (Å²) in [6.45, 7) is 1.80. The molecule has 28 heavy (non-hydrogen) atoms. The predicted octanol–water partition coefficient (Wildman–Crippen LogP) is 5.04. The largest absolute Gasteiger partial charge is 0.449 e. The third kappa shape index (κ3) is 4.56. The summed E-state index contributed by atoms with van der Waals surface area (Å²) in [6, 6.07) is 21.4. The molecule has 0 saturated carbocycles. The smallest absolute Gasteiger partial charge is 0.339 e. The van der Waals surface area contributed by atoms with E-state index in [0.29, 0.717) is 17.8 Å². The minimum atomic E-state index is -0.945. The molecule has 5 nitrogen and oxygen atoms in total. The van der Waals surface area contributed by atoms with Gasteiger partial charge < -0.3 is 4.74 Å². The first-order valence-electron chi connectivity index (χ1n) is 8.86. The van der Waals surface area contributed by atoms with Gasteiger partial charge in [-0.15, -0.1) is 0 Å². The molecule has 1 aromatic heterocycles. The number of para-hydroxylation sites is 2. The van der Waals surface area contributed by atoms with Crippen LogP contribution in [0.3, 0.4) is 0 Å². The Hall–Kier alpha value is -3.18. The van der Waals surface area contributed by atoms with Crippen LogP contribution in [0.4, 0.5) is 11.4 Å². The van der Waals surface area contributed by atoms with E-state index < -0.39 is 12.1 Å². The normalized spacial score (nSPS) is 11.5. The Morgan fingerprint density at radius 2 is 1.57 bits per heavy atom. The topological polar surface area (TPSA) is 59.5 Å². The standard InChI is InChI=1S/C22H19ClN2O3/c1-2-19(28-22(27)16-13-14-24-20(23)15-16)21(26)25(17-9-5-3-6-10-17)18-11-7-4-8-12-18/h3-15,19H,2H2,1H3. The maximum absolute atomic E-state index is 13.3. The Labute approximate surface area is 168 Å². The van der Waals surface area contributed by atoms with Gasteiger partial charge in [-0.3, -0.25) is 9.69 Å². The van der Waals surface area contributed by atoms with Gasteiger partial charge in [0.25, 0.3) is 5.91 Å². The second kappa shape index (κ2) is 9.15. The van der Waals surface area contributed by atoms with E-state index in [1.807, 2.05) is 60.7 Å². The lowest BCUT2D eigenvalue weighted by Gasteiger charge is -2.27. The number of hydrogen-bond acceptors (Lipinski definition) is 4. The van der Waals surface area contributed by atoms with Gasteiger partial charge in [-0.05, 0) is 42.8 Å². The third-order valence-corrected chi connectivity index (χ3v) is 4.31. The summed E-state index contributed by atoms with van der Waals surface area (Å²) in [7, 11) is 0. The second-order valence-electron chi connectivity index (χ2n) is 6.01. The van der Waals surface area contributed by atoms with Crippen LogP contribution in [-0.4, -0.2) is 23.0 Å². The monoisotopic (exact) mass is 394 g/mol. The summed E-state index contributed by atoms with van der Waals surface area (Å²) in [4.78, 5) is 31.2. The first kappa shape index (κ1) is 19.6. The molecular weight excluding hydrogens is 376 g/mol. The lowest BCUT2D eigenvalue weighted by molar-refractivity contribution is -0.126. The first-order valence-corrected chi connectivity index (χ1v) is 9.24. The highest BCUT2D eigenvalue weighted by atomic mass is 35.5. The Kier molecular flexibility index (Phi) is 6.40. The molecule has 0 fully saturated rings. The highest BCUT2D eigenvalue weighted by Crippen LogP contribution is 2.27. The molecule has 0 N–H and O–H groups in total. The molecule has 0 spiro atoms. The maximum atomic E-state index is 13.3. The predicted molar refractivity (Wildman–Crippen MR) is 109 cm³/mol. The van der Waals surface area contributed by atoms with Crippen molar-refractivity contribution in [3.05, 3.63) is 89.7 Å². The van der Waals surface area contributed by atoms with Gasteiger partial charge in [-0.2, -0.15) is 0 Å². The second-order valence-corrected chi connectivity index (χ2v) is 6.40. The summed E-state index contributed by atoms with van der Waals surface area (Å²) in [5.74, 6) is -0.945. The average Bonchev–Trinajstić information content (AvgIpc) is 2.73. The Bertz CT molecular complexity index is 909. The number of halogens is 1. The van der Waals surface area contributed by atoms with Crippen molar-refractivity contribution in [3.8, 4) is 0 Å². The van der Waals surface area contributed by atoms with Crippen molar-refractivity contribution in [1.82, 2.24) is 4.98 Å². The average molecular weight is 395 g/mol. The van der Waals surface area contributed by atoms with Crippen molar-refractivity contribution in [2.24, 2.45) is 0 Å². The van der Waals surface area contributed by atoms with E-state index in [1.165, 1.54) is 18.3 Å². The van der Waals surface area contributed by atoms with Crippen LogP contribution < -0.4 is 4.90 Å². The molecule has 0 aliphatic carbocycles. The molecule has 1 unspecified atom stereocenters. The van der Waals surface area contributed by atoms with Gasteiger partial charge in [-0.25, -0.2) is 9.78 Å². The van der Waals surface area contributed by atoms with Gasteiger partial charge in [0.15, 0.2) is 6.10 Å². The molecule has 1 atom stereocenters. The summed E-state index contributed by atoms with van der Waals surface area (Å²) >= 11 is 5.84. The number of rotatable bonds is 6. The number of esters is 1. The lowest BCUT2D eigenvalue weighted by atomic mass is 10.1. The highest BCUT2D eigenvalue weighted by molar-refractivity contribution is 6.29. The summed E-state index contributed by atoms with van der Waals surface area (Å²) in [6.07, 6.45) is 0.807. The number of carbonyl (C=O) groups is 2. The van der Waals surface area contributed by atoms with E-state index in [2.05, 4.69) is 4.98 Å². The van der Waals surface area contributed by atoms with Gasteiger partial charge in [0.2, 0.25) is 0 Å². The number of aromatic nitrogens is 1. The van der Waals surface area contributed by atoms with Crippen LogP contribution in [-0.2, 0) is 9.53 Å². The van der Waals surface area contributed by atoms with Crippen LogP contribution in [0.25, 0.3) is 0 Å². The summed E-state index contributed by atoms with van der Waals surface area (Å²) in [5.41, 5.74) is 1.64. The van der Waals surface area contributed by atoms with Crippen LogP contribution >= 0.6 is 11.6 Å². The van der Waals surface area contributed by atoms with Crippen molar-refractivity contribution in [2.75, 3.05) is 4.90 Å². The van der Waals surface area contributed by atoms with E-state index in [9.17, 15) is 9.59 Å². The number of hydrogen-bond donors (Lipinski definition) is 0. The molecule has 142 valence electrons. The number of pyridine rings is 1. The molecule has 0 bridgehead atoms. The number of nitrogens with zero attached hydrogens (tertiary/aromatic N) is 2. The zero-order chi connectivity index (χ0) is 19.9. The Morgan fingerprint density at radius 1 is 1.00 bits per heavy atom. The van der Waals surface area contributed by atoms with E-state index in [0.717, 1.165) is 0 Å². The van der Waals surface area contributed by atoms with E-state index >= 15 is 0 Å². The molecule has 0 aliphatic rings. The molecule has 3 aromatic rings. The number of anilines is 2. The molecule has 1 heterocycles. The number of amides is 1. The van der Waals surface area contributed by atoms with Crippen molar-refractivity contribution >= 4 is 34.9 Å². The van der Waals surface area contributed by atoms with E-state index in [4.69, 9.17) is 16.3 Å². The zero-order valence-electron chi connectivity index (χ0n) is 15.3. The minimum absolute atomic E-state index is 0.184. The van der Waals surface area contributed by atoms with Gasteiger partial charge in [0.05, 0.1) is 5.56 Å². The van der Waals surface area contributed by atoms with Crippen LogP contribution in [0, 0.1) is 0 Å². The van der Waals surface area contributed by atoms with Crippen molar-refractivity contribution < 1.29 is 14.3 Å². The number of ether oxygens (including phenoxy) is 1. The SMILES string of the molecule is CCC(OC(=O)c1ccnc(Cl)c1)C(=O)N(c1ccccc1)c1ccccc1. The quantitative estimate of drug-likeness (QED) is 0.434. The fraction of sp³-hybridized carbons (Fsp3) is 0.136. The Morgan fingerprint density at radius 3 is 2.07 bits per heavy atom. The number of carbonyl (C=O) groups excluding carboxylic acids is 2. The van der Waals surface area contributed by atoms with Crippen LogP contribution in [0.5, 0.6) is 0 Å². The summed E-state index contributed by atoms with van der Waals surface area (Å²) < 4.78 is 5.51. The molecule has 0 radical (unpaired) electrons. The third-order valence-electron chi connectivity index (χ3n) is 4.11. The lowest BCUT2D eigenvalue weighted by Crippen LogP contribution is -2.38. The maximum Gasteiger partial charge on any atom is 0.339 e. The molecule has 3 rings (SSSR count). The first-order chi connectivity index (χ1) is 13.6. The van der Waals surface area contributed by atoms with E-state index in [-0.39, 0.29) is 16.6 Å². The van der Waals surface area contributed by atoms with E-state index in [1.54, 1.807) is 11.8 Å². The van der Waals surface area contributed by atoms with Crippen molar-refractivity contribution in [1.29, 1.82) is 0 Å². The number of benzene rings is 2. The fourth-order valence-corrected chi connectivity index (χ4v) is 2.91. The van der Waals surface area contributed by atoms with Crippen LogP contribution in [0.2, 0.25) is 5.15 Å². The summed E-state index contributed by atoms with van der Waals surface area (Å²) in [5, 5.41) is 0.184. The fourth-order valence-electron chi connectivity index (χ4n) is 2.74. The molecule has 1 amide bonds. The minimum Gasteiger partial charge on any atom is -0.449 e.